The highest BCUT2D eigenvalue weighted by molar-refractivity contribution is 5.85. The monoisotopic (exact) mass is 269 g/mol. The highest BCUT2D eigenvalue weighted by Gasteiger charge is 2.43. The molecule has 0 heterocycles. The molecule has 0 radical (unpaired) electrons. The molecule has 4 heteroatoms. The number of carbonyl (C=O) groups excluding carboxylic acids is 1. The van der Waals surface area contributed by atoms with Crippen LogP contribution in [0.2, 0.25) is 0 Å². The first-order chi connectivity index (χ1) is 8.96. The van der Waals surface area contributed by atoms with Gasteiger partial charge in [0.2, 0.25) is 5.91 Å². The Morgan fingerprint density at radius 2 is 1.68 bits per heavy atom. The number of amides is 1. The van der Waals surface area contributed by atoms with Crippen molar-refractivity contribution in [3.05, 3.63) is 0 Å². The first-order valence-corrected chi connectivity index (χ1v) is 7.45. The van der Waals surface area contributed by atoms with Gasteiger partial charge in [-0.25, -0.2) is 0 Å². The third-order valence-corrected chi connectivity index (χ3v) is 4.71. The molecule has 1 fully saturated rings. The molecular formula is C15H27NO3. The average molecular weight is 269 g/mol. The molecule has 0 aliphatic heterocycles. The Kier molecular flexibility index (Phi) is 5.83. The summed E-state index contributed by atoms with van der Waals surface area (Å²) in [6.45, 7) is 6.20. The fourth-order valence-electron chi connectivity index (χ4n) is 3.30. The quantitative estimate of drug-likeness (QED) is 0.806. The number of carboxylic acid groups (broad SMARTS) is 1. The maximum atomic E-state index is 12.5. The van der Waals surface area contributed by atoms with E-state index < -0.39 is 11.9 Å². The number of nitrogens with zero attached hydrogens (tertiary/aromatic N) is 1. The summed E-state index contributed by atoms with van der Waals surface area (Å²) in [6, 6.07) is 0.225. The van der Waals surface area contributed by atoms with E-state index in [1.165, 1.54) is 0 Å². The minimum Gasteiger partial charge on any atom is -0.481 e. The summed E-state index contributed by atoms with van der Waals surface area (Å²) in [5.41, 5.74) is 0. The summed E-state index contributed by atoms with van der Waals surface area (Å²) in [4.78, 5) is 25.7. The van der Waals surface area contributed by atoms with Crippen LogP contribution in [0.3, 0.4) is 0 Å². The maximum Gasteiger partial charge on any atom is 0.307 e. The number of carboxylic acids is 1. The minimum absolute atomic E-state index is 0.0250. The van der Waals surface area contributed by atoms with Gasteiger partial charge >= 0.3 is 5.97 Å². The Balaban J connectivity index is 2.81. The van der Waals surface area contributed by atoms with Crippen LogP contribution in [0.4, 0.5) is 0 Å². The molecule has 19 heavy (non-hydrogen) atoms. The molecule has 0 saturated heterocycles. The van der Waals surface area contributed by atoms with Gasteiger partial charge in [0.1, 0.15) is 0 Å². The summed E-state index contributed by atoms with van der Waals surface area (Å²) in [7, 11) is 1.82. The molecule has 1 amide bonds. The second kappa shape index (κ2) is 6.92. The molecule has 0 aromatic heterocycles. The molecule has 1 rings (SSSR count). The second-order valence-electron chi connectivity index (χ2n) is 5.72. The molecule has 0 aromatic carbocycles. The summed E-state index contributed by atoms with van der Waals surface area (Å²) in [6.07, 6.45) is 4.18. The Labute approximate surface area is 116 Å². The van der Waals surface area contributed by atoms with Crippen LogP contribution in [0.1, 0.15) is 52.9 Å². The van der Waals surface area contributed by atoms with Crippen LogP contribution in [-0.2, 0) is 9.59 Å². The van der Waals surface area contributed by atoms with E-state index in [-0.39, 0.29) is 17.9 Å². The Hall–Kier alpha value is -1.06. The lowest BCUT2D eigenvalue weighted by Crippen LogP contribution is -2.42. The minimum atomic E-state index is -0.813. The van der Waals surface area contributed by atoms with Crippen LogP contribution >= 0.6 is 0 Å². The molecule has 0 bridgehead atoms. The Bertz CT molecular complexity index is 325. The molecule has 1 unspecified atom stereocenters. The Morgan fingerprint density at radius 3 is 2.11 bits per heavy atom. The summed E-state index contributed by atoms with van der Waals surface area (Å²) in [5, 5.41) is 9.31. The maximum absolute atomic E-state index is 12.5. The zero-order valence-electron chi connectivity index (χ0n) is 12.6. The van der Waals surface area contributed by atoms with E-state index >= 15 is 0 Å². The largest absolute Gasteiger partial charge is 0.481 e. The SMILES string of the molecule is CCC1C[C@H](C(=O)N(C)C(CC)CC)[C@H](C(=O)O)C1. The van der Waals surface area contributed by atoms with E-state index in [2.05, 4.69) is 20.8 Å². The van der Waals surface area contributed by atoms with Gasteiger partial charge in [0.05, 0.1) is 11.8 Å². The van der Waals surface area contributed by atoms with Gasteiger partial charge in [-0.1, -0.05) is 27.2 Å². The van der Waals surface area contributed by atoms with Crippen LogP contribution in [-0.4, -0.2) is 35.0 Å². The van der Waals surface area contributed by atoms with Crippen LogP contribution in [0.15, 0.2) is 0 Å². The van der Waals surface area contributed by atoms with E-state index in [1.54, 1.807) is 4.90 Å². The topological polar surface area (TPSA) is 57.6 Å². The van der Waals surface area contributed by atoms with Crippen LogP contribution < -0.4 is 0 Å². The number of carbonyl (C=O) groups is 2. The third kappa shape index (κ3) is 3.48. The Morgan fingerprint density at radius 1 is 1.16 bits per heavy atom. The van der Waals surface area contributed by atoms with Gasteiger partial charge in [-0.3, -0.25) is 9.59 Å². The summed E-state index contributed by atoms with van der Waals surface area (Å²) >= 11 is 0. The zero-order valence-corrected chi connectivity index (χ0v) is 12.6. The third-order valence-electron chi connectivity index (χ3n) is 4.71. The van der Waals surface area contributed by atoms with Gasteiger partial charge in [-0.2, -0.15) is 0 Å². The van der Waals surface area contributed by atoms with Crippen molar-refractivity contribution in [3.63, 3.8) is 0 Å². The summed E-state index contributed by atoms with van der Waals surface area (Å²) < 4.78 is 0. The van der Waals surface area contributed by atoms with Crippen molar-refractivity contribution in [2.75, 3.05) is 7.05 Å². The van der Waals surface area contributed by atoms with Crippen molar-refractivity contribution in [2.45, 2.75) is 58.9 Å². The molecule has 0 spiro atoms. The number of hydrogen-bond acceptors (Lipinski definition) is 2. The average Bonchev–Trinajstić information content (AvgIpc) is 2.83. The van der Waals surface area contributed by atoms with E-state index in [4.69, 9.17) is 0 Å². The number of rotatable bonds is 6. The van der Waals surface area contributed by atoms with Crippen LogP contribution in [0.5, 0.6) is 0 Å². The van der Waals surface area contributed by atoms with Crippen LogP contribution in [0, 0.1) is 17.8 Å². The summed E-state index contributed by atoms with van der Waals surface area (Å²) in [5.74, 6) is -1.23. The number of aliphatic carboxylic acids is 1. The smallest absolute Gasteiger partial charge is 0.307 e. The molecule has 3 atom stereocenters. The fraction of sp³-hybridized carbons (Fsp3) is 0.867. The first-order valence-electron chi connectivity index (χ1n) is 7.45. The molecule has 110 valence electrons. The van der Waals surface area contributed by atoms with Crippen LogP contribution in [0.25, 0.3) is 0 Å². The highest BCUT2D eigenvalue weighted by atomic mass is 16.4. The van der Waals surface area contributed by atoms with Gasteiger partial charge in [-0.05, 0) is 31.6 Å². The molecule has 1 saturated carbocycles. The predicted octanol–water partition coefficient (Wildman–Crippen LogP) is 2.77. The van der Waals surface area contributed by atoms with Gasteiger partial charge in [-0.15, -0.1) is 0 Å². The molecular weight excluding hydrogens is 242 g/mol. The van der Waals surface area contributed by atoms with Crippen molar-refractivity contribution in [3.8, 4) is 0 Å². The van der Waals surface area contributed by atoms with Crippen molar-refractivity contribution >= 4 is 11.9 Å². The van der Waals surface area contributed by atoms with Crippen molar-refractivity contribution in [1.82, 2.24) is 4.90 Å². The van der Waals surface area contributed by atoms with Gasteiger partial charge in [0, 0.05) is 13.1 Å². The molecule has 4 nitrogen and oxygen atoms in total. The highest BCUT2D eigenvalue weighted by Crippen LogP contribution is 2.39. The van der Waals surface area contributed by atoms with Gasteiger partial charge in [0.15, 0.2) is 0 Å². The van der Waals surface area contributed by atoms with E-state index in [0.717, 1.165) is 25.7 Å². The molecule has 1 aliphatic rings. The van der Waals surface area contributed by atoms with Crippen molar-refractivity contribution < 1.29 is 14.7 Å². The lowest BCUT2D eigenvalue weighted by molar-refractivity contribution is -0.149. The van der Waals surface area contributed by atoms with E-state index in [1.807, 2.05) is 7.05 Å². The lowest BCUT2D eigenvalue weighted by atomic mass is 9.94. The van der Waals surface area contributed by atoms with E-state index in [0.29, 0.717) is 12.3 Å². The van der Waals surface area contributed by atoms with E-state index in [9.17, 15) is 14.7 Å². The van der Waals surface area contributed by atoms with Gasteiger partial charge in [0.25, 0.3) is 0 Å². The predicted molar refractivity (Wildman–Crippen MR) is 74.8 cm³/mol. The molecule has 1 N–H and O–H groups in total. The van der Waals surface area contributed by atoms with Gasteiger partial charge < -0.3 is 10.0 Å². The molecule has 0 aromatic rings. The first kappa shape index (κ1) is 16.0. The standard InChI is InChI=1S/C15H27NO3/c1-5-10-8-12(13(9-10)15(18)19)14(17)16(4)11(6-2)7-3/h10-13H,5-9H2,1-4H3,(H,18,19)/t10?,12-,13+/m0/s1. The van der Waals surface area contributed by atoms with Crippen molar-refractivity contribution in [1.29, 1.82) is 0 Å². The zero-order chi connectivity index (χ0) is 14.6. The van der Waals surface area contributed by atoms with Crippen molar-refractivity contribution in [2.24, 2.45) is 17.8 Å². The normalized spacial score (nSPS) is 26.7. The molecule has 1 aliphatic carbocycles. The lowest BCUT2D eigenvalue weighted by Gasteiger charge is -2.30. The fourth-order valence-corrected chi connectivity index (χ4v) is 3.30. The number of hydrogen-bond donors (Lipinski definition) is 1. The second-order valence-corrected chi connectivity index (χ2v) is 5.72.